The van der Waals surface area contributed by atoms with Gasteiger partial charge in [-0.1, -0.05) is 140 Å². The minimum atomic E-state index is 0.328. The highest BCUT2D eigenvalue weighted by atomic mass is 32.1. The lowest BCUT2D eigenvalue weighted by atomic mass is 9.83. The zero-order valence-electron chi connectivity index (χ0n) is 25.5. The van der Waals surface area contributed by atoms with E-state index in [-0.39, 0.29) is 0 Å². The zero-order valence-corrected chi connectivity index (χ0v) is 26.4. The van der Waals surface area contributed by atoms with Crippen molar-refractivity contribution >= 4 is 27.1 Å². The molecule has 4 heteroatoms. The molecule has 1 atom stereocenters. The Kier molecular flexibility index (Phi) is 6.80. The Morgan fingerprint density at radius 3 is 1.79 bits per heavy atom. The van der Waals surface area contributed by atoms with Crippen LogP contribution in [0.3, 0.4) is 0 Å². The molecule has 47 heavy (non-hydrogen) atoms. The Morgan fingerprint density at radius 1 is 0.553 bits per heavy atom. The number of allylic oxidation sites excluding steroid dienone is 4. The van der Waals surface area contributed by atoms with Crippen LogP contribution in [0.2, 0.25) is 0 Å². The fraction of sp³-hybridized carbons (Fsp3) is 0.0465. The van der Waals surface area contributed by atoms with E-state index in [0.29, 0.717) is 11.7 Å². The van der Waals surface area contributed by atoms with Crippen LogP contribution in [0.5, 0.6) is 0 Å². The Morgan fingerprint density at radius 2 is 1.13 bits per heavy atom. The maximum atomic E-state index is 5.24. The predicted octanol–water partition coefficient (Wildman–Crippen LogP) is 11.1. The van der Waals surface area contributed by atoms with Gasteiger partial charge < -0.3 is 0 Å². The second-order valence-corrected chi connectivity index (χ2v) is 13.0. The highest BCUT2D eigenvalue weighted by molar-refractivity contribution is 7.21. The van der Waals surface area contributed by atoms with Crippen molar-refractivity contribution in [3.8, 4) is 45.0 Å². The first kappa shape index (κ1) is 27.6. The van der Waals surface area contributed by atoms with Crippen LogP contribution in [0.25, 0.3) is 55.1 Å². The van der Waals surface area contributed by atoms with E-state index in [2.05, 4.69) is 121 Å². The summed E-state index contributed by atoms with van der Waals surface area (Å²) in [6, 6.07) is 48.9. The average molecular weight is 620 g/mol. The molecule has 3 heterocycles. The molecule has 222 valence electrons. The largest absolute Gasteiger partial charge is 0.251 e. The van der Waals surface area contributed by atoms with Gasteiger partial charge in [-0.15, -0.1) is 11.3 Å². The summed E-state index contributed by atoms with van der Waals surface area (Å²) in [7, 11) is 0. The predicted molar refractivity (Wildman–Crippen MR) is 196 cm³/mol. The molecule has 0 spiro atoms. The van der Waals surface area contributed by atoms with Gasteiger partial charge in [0.1, 0.15) is 0 Å². The average Bonchev–Trinajstić information content (AvgIpc) is 3.55. The summed E-state index contributed by atoms with van der Waals surface area (Å²) >= 11 is 1.86. The number of hydrogen-bond donors (Lipinski definition) is 0. The molecule has 9 rings (SSSR count). The number of aromatic nitrogens is 2. The topological polar surface area (TPSA) is 38.1 Å². The summed E-state index contributed by atoms with van der Waals surface area (Å²) in [5.41, 5.74) is 12.1. The summed E-state index contributed by atoms with van der Waals surface area (Å²) in [5, 5.41) is 1.36. The van der Waals surface area contributed by atoms with Crippen LogP contribution >= 0.6 is 11.3 Å². The van der Waals surface area contributed by atoms with E-state index >= 15 is 0 Å². The van der Waals surface area contributed by atoms with Crippen molar-refractivity contribution in [2.75, 3.05) is 0 Å². The molecule has 0 saturated carbocycles. The molecule has 0 N–H and O–H groups in total. The van der Waals surface area contributed by atoms with Crippen LogP contribution < -0.4 is 0 Å². The summed E-state index contributed by atoms with van der Waals surface area (Å²) in [5.74, 6) is 1.04. The Labute approximate surface area is 278 Å². The molecule has 0 saturated heterocycles. The molecular formula is C43H29N3S. The minimum absolute atomic E-state index is 0.328. The normalized spacial score (nSPS) is 15.1. The maximum absolute atomic E-state index is 5.24. The molecule has 5 aromatic carbocycles. The molecular weight excluding hydrogens is 591 g/mol. The van der Waals surface area contributed by atoms with Crippen LogP contribution in [-0.4, -0.2) is 15.7 Å². The number of fused-ring (bicyclic) bond motifs is 5. The molecule has 1 aliphatic heterocycles. The number of nitrogens with zero attached hydrogens (tertiary/aromatic N) is 3. The molecule has 0 fully saturated rings. The quantitative estimate of drug-likeness (QED) is 0.192. The third kappa shape index (κ3) is 5.04. The second kappa shape index (κ2) is 11.6. The SMILES string of the molecule is C1=CCC2C(=C1)N=C(c1ccc(-c3ccc(-c4nc(-c5ccccc5)cc(-c5ccccc5)n4)cc3)cc1)c1sc3ccccc3c12. The lowest BCUT2D eigenvalue weighted by molar-refractivity contribution is 0.786. The molecule has 0 bridgehead atoms. The number of rotatable bonds is 5. The van der Waals surface area contributed by atoms with Gasteiger partial charge in [-0.3, -0.25) is 4.99 Å². The van der Waals surface area contributed by atoms with Gasteiger partial charge in [-0.2, -0.15) is 0 Å². The number of hydrogen-bond acceptors (Lipinski definition) is 4. The monoisotopic (exact) mass is 619 g/mol. The summed E-state index contributed by atoms with van der Waals surface area (Å²) in [6.07, 6.45) is 7.59. The molecule has 0 amide bonds. The Bertz CT molecular complexity index is 2290. The van der Waals surface area contributed by atoms with E-state index in [0.717, 1.165) is 62.6 Å². The van der Waals surface area contributed by atoms with Crippen LogP contribution in [-0.2, 0) is 0 Å². The van der Waals surface area contributed by atoms with Crippen LogP contribution in [0.15, 0.2) is 168 Å². The van der Waals surface area contributed by atoms with Crippen molar-refractivity contribution in [2.24, 2.45) is 4.99 Å². The van der Waals surface area contributed by atoms with E-state index in [9.17, 15) is 0 Å². The highest BCUT2D eigenvalue weighted by Crippen LogP contribution is 2.46. The molecule has 2 aliphatic rings. The standard InChI is InChI=1S/C43H29N3S/c1-3-11-30(12-4-1)37-27-38(31-13-5-2-6-14-31)46-43(45-37)33-25-21-29(22-26-33)28-19-23-32(24-20-28)41-42-40(34-15-7-9-17-36(34)44-41)35-16-8-10-18-39(35)47-42/h1-14,16-27,34H,15H2. The maximum Gasteiger partial charge on any atom is 0.160 e. The number of benzene rings is 5. The van der Waals surface area contributed by atoms with Gasteiger partial charge in [0.05, 0.1) is 22.0 Å². The Balaban J connectivity index is 1.05. The van der Waals surface area contributed by atoms with Crippen molar-refractivity contribution in [3.63, 3.8) is 0 Å². The highest BCUT2D eigenvalue weighted by Gasteiger charge is 2.31. The van der Waals surface area contributed by atoms with Crippen LogP contribution in [0.1, 0.15) is 28.3 Å². The van der Waals surface area contributed by atoms with E-state index < -0.39 is 0 Å². The molecule has 1 aliphatic carbocycles. The summed E-state index contributed by atoms with van der Waals surface area (Å²) < 4.78 is 1.33. The Hall–Kier alpha value is -5.71. The molecule has 7 aromatic rings. The lowest BCUT2D eigenvalue weighted by Crippen LogP contribution is -2.16. The fourth-order valence-corrected chi connectivity index (χ4v) is 7.96. The summed E-state index contributed by atoms with van der Waals surface area (Å²) in [4.78, 5) is 16.5. The van der Waals surface area contributed by atoms with Crippen LogP contribution in [0.4, 0.5) is 0 Å². The van der Waals surface area contributed by atoms with E-state index in [1.807, 2.05) is 47.7 Å². The lowest BCUT2D eigenvalue weighted by Gasteiger charge is -2.26. The van der Waals surface area contributed by atoms with Gasteiger partial charge >= 0.3 is 0 Å². The van der Waals surface area contributed by atoms with Crippen molar-refractivity contribution in [1.29, 1.82) is 0 Å². The van der Waals surface area contributed by atoms with Crippen molar-refractivity contribution in [1.82, 2.24) is 9.97 Å². The van der Waals surface area contributed by atoms with E-state index in [1.165, 1.54) is 20.5 Å². The van der Waals surface area contributed by atoms with Crippen molar-refractivity contribution < 1.29 is 0 Å². The van der Waals surface area contributed by atoms with Crippen molar-refractivity contribution in [3.05, 3.63) is 179 Å². The molecule has 2 aromatic heterocycles. The van der Waals surface area contributed by atoms with Crippen LogP contribution in [0, 0.1) is 0 Å². The first-order valence-corrected chi connectivity index (χ1v) is 16.8. The van der Waals surface area contributed by atoms with E-state index in [4.69, 9.17) is 15.0 Å². The zero-order chi connectivity index (χ0) is 31.2. The van der Waals surface area contributed by atoms with Gasteiger partial charge in [-0.25, -0.2) is 9.97 Å². The number of aliphatic imine (C=N–C) groups is 1. The third-order valence-corrected chi connectivity index (χ3v) is 10.3. The van der Waals surface area contributed by atoms with Gasteiger partial charge in [0.15, 0.2) is 5.82 Å². The third-order valence-electron chi connectivity index (χ3n) is 9.07. The molecule has 0 radical (unpaired) electrons. The molecule has 1 unspecified atom stereocenters. The molecule has 3 nitrogen and oxygen atoms in total. The van der Waals surface area contributed by atoms with Gasteiger partial charge in [-0.05, 0) is 46.7 Å². The van der Waals surface area contributed by atoms with Crippen molar-refractivity contribution in [2.45, 2.75) is 12.3 Å². The fourth-order valence-electron chi connectivity index (χ4n) is 6.68. The van der Waals surface area contributed by atoms with Gasteiger partial charge in [0.2, 0.25) is 0 Å². The van der Waals surface area contributed by atoms with Gasteiger partial charge in [0.25, 0.3) is 0 Å². The minimum Gasteiger partial charge on any atom is -0.251 e. The van der Waals surface area contributed by atoms with Gasteiger partial charge in [0, 0.05) is 38.6 Å². The smallest absolute Gasteiger partial charge is 0.160 e. The number of thiophene rings is 1. The summed E-state index contributed by atoms with van der Waals surface area (Å²) in [6.45, 7) is 0. The first-order chi connectivity index (χ1) is 23.3. The second-order valence-electron chi connectivity index (χ2n) is 12.0. The van der Waals surface area contributed by atoms with E-state index in [1.54, 1.807) is 0 Å². The first-order valence-electron chi connectivity index (χ1n) is 16.0.